The number of amides is 1. The molecule has 106 valence electrons. The predicted octanol–water partition coefficient (Wildman–Crippen LogP) is 3.87. The van der Waals surface area contributed by atoms with Gasteiger partial charge in [0.1, 0.15) is 5.75 Å². The van der Waals surface area contributed by atoms with Crippen LogP contribution in [0.2, 0.25) is 0 Å². The van der Waals surface area contributed by atoms with E-state index in [1.165, 1.54) is 0 Å². The number of benzene rings is 2. The number of hydrogen-bond acceptors (Lipinski definition) is 4. The first-order chi connectivity index (χ1) is 10.2. The molecule has 5 heteroatoms. The third-order valence-corrected chi connectivity index (χ3v) is 4.04. The van der Waals surface area contributed by atoms with Crippen LogP contribution in [0.1, 0.15) is 15.4 Å². The largest absolute Gasteiger partial charge is 0.497 e. The van der Waals surface area contributed by atoms with Crippen LogP contribution in [0.5, 0.6) is 5.75 Å². The van der Waals surface area contributed by atoms with Gasteiger partial charge in [0, 0.05) is 17.3 Å². The van der Waals surface area contributed by atoms with E-state index in [4.69, 9.17) is 4.74 Å². The second-order valence-electron chi connectivity index (χ2n) is 4.60. The number of fused-ring (bicyclic) bond motifs is 1. The van der Waals surface area contributed by atoms with Crippen molar-refractivity contribution in [2.75, 3.05) is 12.4 Å². The maximum atomic E-state index is 12.3. The van der Waals surface area contributed by atoms with Crippen LogP contribution in [0.15, 0.2) is 42.5 Å². The molecule has 2 aromatic carbocycles. The van der Waals surface area contributed by atoms with Crippen LogP contribution in [0.4, 0.5) is 5.69 Å². The van der Waals surface area contributed by atoms with Crippen molar-refractivity contribution in [1.82, 2.24) is 4.98 Å². The normalized spacial score (nSPS) is 10.6. The lowest BCUT2D eigenvalue weighted by molar-refractivity contribution is 0.102. The van der Waals surface area contributed by atoms with Gasteiger partial charge in [-0.3, -0.25) is 4.79 Å². The Labute approximate surface area is 126 Å². The fourth-order valence-electron chi connectivity index (χ4n) is 2.09. The highest BCUT2D eigenvalue weighted by molar-refractivity contribution is 7.18. The lowest BCUT2D eigenvalue weighted by Gasteiger charge is -2.07. The van der Waals surface area contributed by atoms with E-state index >= 15 is 0 Å². The maximum absolute atomic E-state index is 12.3. The van der Waals surface area contributed by atoms with E-state index in [0.717, 1.165) is 15.2 Å². The van der Waals surface area contributed by atoms with E-state index < -0.39 is 0 Å². The summed E-state index contributed by atoms with van der Waals surface area (Å²) in [6.45, 7) is 1.96. The molecule has 0 unspecified atom stereocenters. The molecule has 0 fully saturated rings. The van der Waals surface area contributed by atoms with Crippen LogP contribution >= 0.6 is 11.3 Å². The third kappa shape index (κ3) is 2.87. The Balaban J connectivity index is 1.85. The van der Waals surface area contributed by atoms with Gasteiger partial charge in [-0.2, -0.15) is 0 Å². The highest BCUT2D eigenvalue weighted by Crippen LogP contribution is 2.23. The number of anilines is 1. The summed E-state index contributed by atoms with van der Waals surface area (Å²) in [6.07, 6.45) is 0. The first-order valence-corrected chi connectivity index (χ1v) is 7.30. The Morgan fingerprint density at radius 1 is 1.24 bits per heavy atom. The van der Waals surface area contributed by atoms with Crippen molar-refractivity contribution in [1.29, 1.82) is 0 Å². The summed E-state index contributed by atoms with van der Waals surface area (Å²) in [4.78, 5) is 16.7. The molecule has 0 atom stereocenters. The second-order valence-corrected chi connectivity index (χ2v) is 5.84. The molecule has 0 bridgehead atoms. The number of aromatic nitrogens is 1. The molecular formula is C16H14N2O2S. The molecule has 0 aliphatic heterocycles. The zero-order chi connectivity index (χ0) is 14.8. The fraction of sp³-hybridized carbons (Fsp3) is 0.125. The Bertz CT molecular complexity index is 811. The topological polar surface area (TPSA) is 51.2 Å². The smallest absolute Gasteiger partial charge is 0.255 e. The van der Waals surface area contributed by atoms with Gasteiger partial charge < -0.3 is 10.1 Å². The molecule has 1 heterocycles. The van der Waals surface area contributed by atoms with Gasteiger partial charge in [-0.05, 0) is 37.3 Å². The zero-order valence-corrected chi connectivity index (χ0v) is 12.5. The van der Waals surface area contributed by atoms with Gasteiger partial charge in [-0.1, -0.05) is 6.07 Å². The van der Waals surface area contributed by atoms with Crippen LogP contribution in [-0.4, -0.2) is 18.0 Å². The standard InChI is InChI=1S/C16H14N2O2S/c1-10-17-14-8-11(6-7-15(14)21-10)16(19)18-12-4-3-5-13(9-12)20-2/h3-9H,1-2H3,(H,18,19). The van der Waals surface area contributed by atoms with Gasteiger partial charge in [0.2, 0.25) is 0 Å². The lowest BCUT2D eigenvalue weighted by Crippen LogP contribution is -2.11. The van der Waals surface area contributed by atoms with E-state index in [-0.39, 0.29) is 5.91 Å². The summed E-state index contributed by atoms with van der Waals surface area (Å²) in [5.74, 6) is 0.550. The van der Waals surface area contributed by atoms with E-state index in [1.54, 1.807) is 24.5 Å². The summed E-state index contributed by atoms with van der Waals surface area (Å²) in [6, 6.07) is 12.8. The highest BCUT2D eigenvalue weighted by Gasteiger charge is 2.09. The molecule has 1 N–H and O–H groups in total. The molecule has 0 spiro atoms. The molecule has 3 rings (SSSR count). The predicted molar refractivity (Wildman–Crippen MR) is 85.3 cm³/mol. The Hall–Kier alpha value is -2.40. The van der Waals surface area contributed by atoms with Crippen LogP contribution in [-0.2, 0) is 0 Å². The van der Waals surface area contributed by atoms with Gasteiger partial charge in [0.25, 0.3) is 5.91 Å². The van der Waals surface area contributed by atoms with E-state index in [0.29, 0.717) is 17.0 Å². The van der Waals surface area contributed by atoms with E-state index in [2.05, 4.69) is 10.3 Å². The number of carbonyl (C=O) groups is 1. The summed E-state index contributed by atoms with van der Waals surface area (Å²) in [5, 5.41) is 3.86. The summed E-state index contributed by atoms with van der Waals surface area (Å²) in [5.41, 5.74) is 2.15. The van der Waals surface area contributed by atoms with Crippen LogP contribution in [0.25, 0.3) is 10.2 Å². The van der Waals surface area contributed by atoms with Gasteiger partial charge in [0.05, 0.1) is 22.3 Å². The van der Waals surface area contributed by atoms with Crippen molar-refractivity contribution in [2.45, 2.75) is 6.92 Å². The molecule has 1 aromatic heterocycles. The quantitative estimate of drug-likeness (QED) is 0.798. The lowest BCUT2D eigenvalue weighted by atomic mass is 10.2. The summed E-state index contributed by atoms with van der Waals surface area (Å²) < 4.78 is 6.23. The van der Waals surface area contributed by atoms with Crippen LogP contribution < -0.4 is 10.1 Å². The number of nitrogens with zero attached hydrogens (tertiary/aromatic N) is 1. The molecule has 0 saturated carbocycles. The van der Waals surface area contributed by atoms with Crippen molar-refractivity contribution in [3.8, 4) is 5.75 Å². The minimum Gasteiger partial charge on any atom is -0.497 e. The molecule has 4 nitrogen and oxygen atoms in total. The van der Waals surface area contributed by atoms with E-state index in [9.17, 15) is 4.79 Å². The number of methoxy groups -OCH3 is 1. The molecule has 0 aliphatic rings. The molecule has 21 heavy (non-hydrogen) atoms. The highest BCUT2D eigenvalue weighted by atomic mass is 32.1. The average Bonchev–Trinajstić information content (AvgIpc) is 2.86. The third-order valence-electron chi connectivity index (χ3n) is 3.08. The number of thiazole rings is 1. The SMILES string of the molecule is COc1cccc(NC(=O)c2ccc3sc(C)nc3c2)c1. The molecule has 0 saturated heterocycles. The van der Waals surface area contributed by atoms with Crippen molar-refractivity contribution >= 4 is 33.1 Å². The summed E-state index contributed by atoms with van der Waals surface area (Å²) >= 11 is 1.62. The fourth-order valence-corrected chi connectivity index (χ4v) is 2.90. The van der Waals surface area contributed by atoms with Gasteiger partial charge in [0.15, 0.2) is 0 Å². The minimum atomic E-state index is -0.157. The van der Waals surface area contributed by atoms with Gasteiger partial charge >= 0.3 is 0 Å². The Kier molecular flexibility index (Phi) is 3.58. The van der Waals surface area contributed by atoms with Gasteiger partial charge in [-0.15, -0.1) is 11.3 Å². The van der Waals surface area contributed by atoms with Crippen molar-refractivity contribution < 1.29 is 9.53 Å². The maximum Gasteiger partial charge on any atom is 0.255 e. The summed E-state index contributed by atoms with van der Waals surface area (Å²) in [7, 11) is 1.60. The Morgan fingerprint density at radius 3 is 2.90 bits per heavy atom. The minimum absolute atomic E-state index is 0.157. The molecule has 3 aromatic rings. The first-order valence-electron chi connectivity index (χ1n) is 6.48. The number of carbonyl (C=O) groups excluding carboxylic acids is 1. The number of nitrogens with one attached hydrogen (secondary N) is 1. The first kappa shape index (κ1) is 13.6. The zero-order valence-electron chi connectivity index (χ0n) is 11.7. The van der Waals surface area contributed by atoms with Crippen molar-refractivity contribution in [3.05, 3.63) is 53.0 Å². The Morgan fingerprint density at radius 2 is 2.10 bits per heavy atom. The van der Waals surface area contributed by atoms with Gasteiger partial charge in [-0.25, -0.2) is 4.98 Å². The molecule has 0 radical (unpaired) electrons. The molecule has 1 amide bonds. The monoisotopic (exact) mass is 298 g/mol. The molecule has 0 aliphatic carbocycles. The number of aryl methyl sites for hydroxylation is 1. The van der Waals surface area contributed by atoms with Crippen molar-refractivity contribution in [2.24, 2.45) is 0 Å². The number of ether oxygens (including phenoxy) is 1. The van der Waals surface area contributed by atoms with Crippen LogP contribution in [0.3, 0.4) is 0 Å². The number of hydrogen-bond donors (Lipinski definition) is 1. The van der Waals surface area contributed by atoms with E-state index in [1.807, 2.05) is 43.3 Å². The average molecular weight is 298 g/mol. The number of rotatable bonds is 3. The van der Waals surface area contributed by atoms with Crippen molar-refractivity contribution in [3.63, 3.8) is 0 Å². The second kappa shape index (κ2) is 5.54. The van der Waals surface area contributed by atoms with Crippen LogP contribution in [0, 0.1) is 6.92 Å². The molecular weight excluding hydrogens is 284 g/mol.